The van der Waals surface area contributed by atoms with Crippen LogP contribution >= 0.6 is 0 Å². The fraction of sp³-hybridized carbons (Fsp3) is 0.636. The second-order valence-corrected chi connectivity index (χ2v) is 4.44. The summed E-state index contributed by atoms with van der Waals surface area (Å²) >= 11 is 0. The number of primary amides is 1. The van der Waals surface area contributed by atoms with Gasteiger partial charge in [-0.05, 0) is 19.8 Å². The number of hydrogen-bond acceptors (Lipinski definition) is 4. The molecule has 6 heteroatoms. The molecule has 1 aliphatic rings. The van der Waals surface area contributed by atoms with Crippen LogP contribution in [0.1, 0.15) is 19.8 Å². The third-order valence-electron chi connectivity index (χ3n) is 2.81. The van der Waals surface area contributed by atoms with E-state index in [1.165, 1.54) is 4.68 Å². The molecule has 3 N–H and O–H groups in total. The minimum Gasteiger partial charge on any atom is -0.380 e. The number of ether oxygens (including phenoxy) is 1. The number of nitrogens with two attached hydrogens (primary N) is 1. The molecule has 1 aromatic rings. The molecule has 0 bridgehead atoms. The predicted octanol–water partition coefficient (Wildman–Crippen LogP) is 0.348. The molecule has 6 nitrogen and oxygen atoms in total. The van der Waals surface area contributed by atoms with Crippen LogP contribution < -0.4 is 11.1 Å². The summed E-state index contributed by atoms with van der Waals surface area (Å²) in [6.45, 7) is 2.98. The lowest BCUT2D eigenvalue weighted by molar-refractivity contribution is -0.118. The average Bonchev–Trinajstić information content (AvgIpc) is 2.64. The Morgan fingerprint density at radius 1 is 1.76 bits per heavy atom. The molecule has 1 amide bonds. The van der Waals surface area contributed by atoms with Crippen LogP contribution in [0.25, 0.3) is 0 Å². The van der Waals surface area contributed by atoms with Crippen LogP contribution in [0.2, 0.25) is 0 Å². The van der Waals surface area contributed by atoms with E-state index in [0.29, 0.717) is 12.1 Å². The molecule has 1 saturated heterocycles. The van der Waals surface area contributed by atoms with Crippen LogP contribution in [0.5, 0.6) is 0 Å². The molecule has 0 saturated carbocycles. The first-order valence-corrected chi connectivity index (χ1v) is 5.82. The number of hydrogen-bond donors (Lipinski definition) is 2. The van der Waals surface area contributed by atoms with Crippen LogP contribution in [0.15, 0.2) is 12.4 Å². The summed E-state index contributed by atoms with van der Waals surface area (Å²) in [5, 5.41) is 7.45. The van der Waals surface area contributed by atoms with E-state index in [4.69, 9.17) is 10.5 Å². The first-order valence-electron chi connectivity index (χ1n) is 5.82. The van der Waals surface area contributed by atoms with Gasteiger partial charge in [-0.2, -0.15) is 5.10 Å². The molecule has 1 fully saturated rings. The van der Waals surface area contributed by atoms with Crippen LogP contribution in [-0.2, 0) is 16.1 Å². The van der Waals surface area contributed by atoms with Crippen molar-refractivity contribution in [2.45, 2.75) is 38.5 Å². The Labute approximate surface area is 100 Å². The van der Waals surface area contributed by atoms with E-state index < -0.39 is 0 Å². The average molecular weight is 238 g/mol. The maximum absolute atomic E-state index is 10.7. The van der Waals surface area contributed by atoms with E-state index in [0.717, 1.165) is 25.1 Å². The number of carbonyl (C=O) groups is 1. The van der Waals surface area contributed by atoms with Gasteiger partial charge in [-0.1, -0.05) is 0 Å². The van der Waals surface area contributed by atoms with Crippen molar-refractivity contribution in [3.63, 3.8) is 0 Å². The van der Waals surface area contributed by atoms with E-state index in [1.807, 2.05) is 0 Å². The Bertz CT molecular complexity index is 391. The molecule has 0 aromatic carbocycles. The predicted molar refractivity (Wildman–Crippen MR) is 63.5 cm³/mol. The molecule has 0 radical (unpaired) electrons. The highest BCUT2D eigenvalue weighted by Crippen LogP contribution is 2.18. The lowest BCUT2D eigenvalue weighted by Gasteiger charge is -2.28. The maximum Gasteiger partial charge on any atom is 0.239 e. The minimum absolute atomic E-state index is 0.117. The molecule has 1 aromatic heterocycles. The second-order valence-electron chi connectivity index (χ2n) is 4.44. The normalized spacial score (nSPS) is 24.5. The molecular weight excluding hydrogens is 220 g/mol. The van der Waals surface area contributed by atoms with E-state index in [-0.39, 0.29) is 12.5 Å². The van der Waals surface area contributed by atoms with E-state index in [2.05, 4.69) is 17.3 Å². The first kappa shape index (κ1) is 11.9. The van der Waals surface area contributed by atoms with Gasteiger partial charge in [0.25, 0.3) is 0 Å². The Balaban J connectivity index is 1.89. The summed E-state index contributed by atoms with van der Waals surface area (Å²) in [6.07, 6.45) is 5.78. The summed E-state index contributed by atoms with van der Waals surface area (Å²) < 4.78 is 7.02. The molecular formula is C11H18N4O2. The zero-order valence-corrected chi connectivity index (χ0v) is 9.93. The van der Waals surface area contributed by atoms with Gasteiger partial charge in [0.1, 0.15) is 6.54 Å². The smallest absolute Gasteiger partial charge is 0.239 e. The quantitative estimate of drug-likeness (QED) is 0.793. The van der Waals surface area contributed by atoms with Gasteiger partial charge in [0.2, 0.25) is 5.91 Å². The first-order chi connectivity index (χ1) is 8.13. The summed E-state index contributed by atoms with van der Waals surface area (Å²) in [5.74, 6) is -0.390. The van der Waals surface area contributed by atoms with Gasteiger partial charge in [-0.15, -0.1) is 0 Å². The number of anilines is 1. The molecule has 0 spiro atoms. The summed E-state index contributed by atoms with van der Waals surface area (Å²) in [5.41, 5.74) is 6.02. The van der Waals surface area contributed by atoms with Crippen LogP contribution in [0, 0.1) is 0 Å². The van der Waals surface area contributed by atoms with E-state index in [1.54, 1.807) is 12.4 Å². The topological polar surface area (TPSA) is 82.2 Å². The summed E-state index contributed by atoms with van der Waals surface area (Å²) in [4.78, 5) is 10.7. The number of amides is 1. The Morgan fingerprint density at radius 2 is 2.59 bits per heavy atom. The Morgan fingerprint density at radius 3 is 3.29 bits per heavy atom. The third kappa shape index (κ3) is 3.45. The fourth-order valence-corrected chi connectivity index (χ4v) is 2.05. The van der Waals surface area contributed by atoms with Crippen molar-refractivity contribution < 1.29 is 9.53 Å². The molecule has 94 valence electrons. The minimum atomic E-state index is -0.390. The number of carbonyl (C=O) groups excluding carboxylic acids is 1. The van der Waals surface area contributed by atoms with Crippen LogP contribution in [0.3, 0.4) is 0 Å². The second kappa shape index (κ2) is 5.18. The van der Waals surface area contributed by atoms with Crippen molar-refractivity contribution in [2.24, 2.45) is 5.73 Å². The van der Waals surface area contributed by atoms with Crippen molar-refractivity contribution >= 4 is 11.6 Å². The van der Waals surface area contributed by atoms with Gasteiger partial charge in [0.05, 0.1) is 18.0 Å². The monoisotopic (exact) mass is 238 g/mol. The number of aromatic nitrogens is 2. The Kier molecular flexibility index (Phi) is 3.63. The SMILES string of the molecule is CC1CC(Nc2cnn(CC(N)=O)c2)CCO1. The van der Waals surface area contributed by atoms with E-state index >= 15 is 0 Å². The Hall–Kier alpha value is -1.56. The lowest BCUT2D eigenvalue weighted by Crippen LogP contribution is -2.32. The zero-order chi connectivity index (χ0) is 12.3. The van der Waals surface area contributed by atoms with E-state index in [9.17, 15) is 4.79 Å². The summed E-state index contributed by atoms with van der Waals surface area (Å²) in [6, 6.07) is 0.407. The van der Waals surface area contributed by atoms with Gasteiger partial charge in [0, 0.05) is 18.8 Å². The number of nitrogens with zero attached hydrogens (tertiary/aromatic N) is 2. The van der Waals surface area contributed by atoms with Crippen molar-refractivity contribution in [3.05, 3.63) is 12.4 Å². The third-order valence-corrected chi connectivity index (χ3v) is 2.81. The van der Waals surface area contributed by atoms with Crippen molar-refractivity contribution in [1.29, 1.82) is 0 Å². The van der Waals surface area contributed by atoms with Crippen LogP contribution in [-0.4, -0.2) is 34.4 Å². The van der Waals surface area contributed by atoms with Gasteiger partial charge in [0.15, 0.2) is 0 Å². The highest BCUT2D eigenvalue weighted by atomic mass is 16.5. The van der Waals surface area contributed by atoms with Crippen LogP contribution in [0.4, 0.5) is 5.69 Å². The molecule has 17 heavy (non-hydrogen) atoms. The van der Waals surface area contributed by atoms with Gasteiger partial charge >= 0.3 is 0 Å². The van der Waals surface area contributed by atoms with Gasteiger partial charge < -0.3 is 15.8 Å². The fourth-order valence-electron chi connectivity index (χ4n) is 2.05. The molecule has 2 atom stereocenters. The highest BCUT2D eigenvalue weighted by molar-refractivity contribution is 5.73. The van der Waals surface area contributed by atoms with Crippen molar-refractivity contribution in [2.75, 3.05) is 11.9 Å². The molecule has 2 rings (SSSR count). The highest BCUT2D eigenvalue weighted by Gasteiger charge is 2.19. The standard InChI is InChI=1S/C11H18N4O2/c1-8-4-9(2-3-17-8)14-10-5-13-15(6-10)7-11(12)16/h5-6,8-9,14H,2-4,7H2,1H3,(H2,12,16). The zero-order valence-electron chi connectivity index (χ0n) is 9.93. The molecule has 0 aliphatic carbocycles. The number of nitrogens with one attached hydrogen (secondary N) is 1. The van der Waals surface area contributed by atoms with Crippen molar-refractivity contribution in [1.82, 2.24) is 9.78 Å². The van der Waals surface area contributed by atoms with Gasteiger partial charge in [-0.3, -0.25) is 9.48 Å². The molecule has 1 aliphatic heterocycles. The van der Waals surface area contributed by atoms with Crippen molar-refractivity contribution in [3.8, 4) is 0 Å². The number of rotatable bonds is 4. The molecule has 2 unspecified atom stereocenters. The summed E-state index contributed by atoms with van der Waals surface area (Å²) in [7, 11) is 0. The maximum atomic E-state index is 10.7. The van der Waals surface area contributed by atoms with Gasteiger partial charge in [-0.25, -0.2) is 0 Å². The molecule has 2 heterocycles. The largest absolute Gasteiger partial charge is 0.380 e. The lowest BCUT2D eigenvalue weighted by atomic mass is 10.0.